The quantitative estimate of drug-likeness (QED) is 0.644. The molecular weight excluding hydrogens is 425 g/mol. The fourth-order valence-corrected chi connectivity index (χ4v) is 4.85. The van der Waals surface area contributed by atoms with Gasteiger partial charge in [-0.3, -0.25) is 4.79 Å². The van der Waals surface area contributed by atoms with Crippen molar-refractivity contribution in [1.82, 2.24) is 19.9 Å². The Bertz CT molecular complexity index is 1110. The average Bonchev–Trinajstić information content (AvgIpc) is 3.40. The van der Waals surface area contributed by atoms with Gasteiger partial charge in [-0.25, -0.2) is 9.97 Å². The zero-order chi connectivity index (χ0) is 20.8. The molecule has 5 rings (SSSR count). The molecule has 1 aromatic carbocycles. The van der Waals surface area contributed by atoms with E-state index < -0.39 is 0 Å². The summed E-state index contributed by atoms with van der Waals surface area (Å²) >= 11 is 12.5. The molecule has 0 spiro atoms. The summed E-state index contributed by atoms with van der Waals surface area (Å²) in [4.78, 5) is 28.9. The van der Waals surface area contributed by atoms with Crippen LogP contribution in [0, 0.1) is 0 Å². The maximum atomic E-state index is 13.0. The molecule has 2 aliphatic rings. The largest absolute Gasteiger partial charge is 0.394 e. The van der Waals surface area contributed by atoms with Crippen molar-refractivity contribution in [3.8, 4) is 0 Å². The number of carbonyl (C=O) groups is 1. The van der Waals surface area contributed by atoms with Gasteiger partial charge in [0.2, 0.25) is 5.82 Å². The topological polar surface area (TPSA) is 85.3 Å². The monoisotopic (exact) mass is 445 g/mol. The molecule has 0 bridgehead atoms. The molecule has 1 fully saturated rings. The maximum Gasteiger partial charge on any atom is 0.291 e. The zero-order valence-corrected chi connectivity index (χ0v) is 17.7. The molecule has 1 amide bonds. The van der Waals surface area contributed by atoms with Gasteiger partial charge in [-0.2, -0.15) is 0 Å². The molecule has 0 saturated carbocycles. The Labute approximate surface area is 183 Å². The maximum absolute atomic E-state index is 13.0. The van der Waals surface area contributed by atoms with E-state index in [1.165, 1.54) is 0 Å². The van der Waals surface area contributed by atoms with Crippen LogP contribution in [0.3, 0.4) is 0 Å². The number of benzene rings is 1. The van der Waals surface area contributed by atoms with E-state index in [0.717, 1.165) is 47.2 Å². The van der Waals surface area contributed by atoms with Gasteiger partial charge in [0.1, 0.15) is 0 Å². The lowest BCUT2D eigenvalue weighted by Gasteiger charge is -2.27. The molecule has 2 aliphatic heterocycles. The highest BCUT2D eigenvalue weighted by molar-refractivity contribution is 6.45. The average molecular weight is 446 g/mol. The molecule has 0 unspecified atom stereocenters. The van der Waals surface area contributed by atoms with Crippen LogP contribution in [0.4, 0.5) is 5.69 Å². The molecule has 3 aromatic rings. The van der Waals surface area contributed by atoms with E-state index in [0.29, 0.717) is 29.6 Å². The van der Waals surface area contributed by atoms with E-state index in [2.05, 4.69) is 19.9 Å². The third kappa shape index (κ3) is 3.21. The van der Waals surface area contributed by atoms with Gasteiger partial charge >= 0.3 is 0 Å². The van der Waals surface area contributed by atoms with Crippen LogP contribution in [0.2, 0.25) is 10.0 Å². The molecule has 7 nitrogen and oxygen atoms in total. The number of nitrogens with zero attached hydrogens (tertiary/aromatic N) is 4. The van der Waals surface area contributed by atoms with Gasteiger partial charge in [0.25, 0.3) is 5.91 Å². The summed E-state index contributed by atoms with van der Waals surface area (Å²) in [6, 6.07) is 3.81. The second-order valence-electron chi connectivity index (χ2n) is 7.78. The molecule has 30 heavy (non-hydrogen) atoms. The van der Waals surface area contributed by atoms with Crippen LogP contribution in [0.1, 0.15) is 34.7 Å². The summed E-state index contributed by atoms with van der Waals surface area (Å²) in [5.41, 5.74) is 3.79. The van der Waals surface area contributed by atoms with Crippen molar-refractivity contribution in [2.45, 2.75) is 31.8 Å². The fourth-order valence-electron chi connectivity index (χ4n) is 4.48. The van der Waals surface area contributed by atoms with Crippen LogP contribution in [0.5, 0.6) is 0 Å². The van der Waals surface area contributed by atoms with E-state index in [-0.39, 0.29) is 24.4 Å². The molecule has 1 saturated heterocycles. The van der Waals surface area contributed by atoms with Gasteiger partial charge in [0.15, 0.2) is 0 Å². The smallest absolute Gasteiger partial charge is 0.291 e. The first-order chi connectivity index (χ1) is 14.6. The number of H-pyrrole nitrogens is 1. The molecular formula is C21H21Cl2N5O2. The molecule has 0 aliphatic carbocycles. The lowest BCUT2D eigenvalue weighted by atomic mass is 10.0. The first-order valence-corrected chi connectivity index (χ1v) is 10.8. The number of aromatic nitrogens is 3. The Hall–Kier alpha value is -2.35. The summed E-state index contributed by atoms with van der Waals surface area (Å²) in [6.45, 7) is 2.02. The molecule has 9 heteroatoms. The zero-order valence-electron chi connectivity index (χ0n) is 16.2. The summed E-state index contributed by atoms with van der Waals surface area (Å²) in [5, 5.41) is 11.5. The lowest BCUT2D eigenvalue weighted by Crippen LogP contribution is -2.37. The molecule has 4 heterocycles. The number of anilines is 1. The third-order valence-corrected chi connectivity index (χ3v) is 6.88. The molecule has 2 aromatic heterocycles. The Morgan fingerprint density at radius 2 is 2.03 bits per heavy atom. The normalized spacial score (nSPS) is 18.8. The van der Waals surface area contributed by atoms with Crippen molar-refractivity contribution < 1.29 is 9.90 Å². The van der Waals surface area contributed by atoms with Crippen molar-refractivity contribution in [1.29, 1.82) is 0 Å². The third-order valence-electron chi connectivity index (χ3n) is 6.08. The first kappa shape index (κ1) is 19.6. The minimum atomic E-state index is -0.193. The minimum absolute atomic E-state index is 0.0952. The van der Waals surface area contributed by atoms with Crippen molar-refractivity contribution in [3.63, 3.8) is 0 Å². The van der Waals surface area contributed by atoms with E-state index in [1.54, 1.807) is 23.4 Å². The Kier molecular flexibility index (Phi) is 5.05. The number of carbonyl (C=O) groups excluding carboxylic acids is 1. The Morgan fingerprint density at radius 3 is 2.80 bits per heavy atom. The Balaban J connectivity index is 1.37. The highest BCUT2D eigenvalue weighted by atomic mass is 35.5. The highest BCUT2D eigenvalue weighted by Crippen LogP contribution is 2.35. The number of aliphatic hydroxyl groups is 1. The molecule has 2 N–H and O–H groups in total. The summed E-state index contributed by atoms with van der Waals surface area (Å²) in [6.07, 6.45) is 6.04. The predicted molar refractivity (Wildman–Crippen MR) is 116 cm³/mol. The van der Waals surface area contributed by atoms with Crippen LogP contribution in [-0.4, -0.2) is 56.6 Å². The minimum Gasteiger partial charge on any atom is -0.394 e. The number of amides is 1. The predicted octanol–water partition coefficient (Wildman–Crippen LogP) is 3.42. The molecule has 156 valence electrons. The van der Waals surface area contributed by atoms with Gasteiger partial charge in [0, 0.05) is 42.7 Å². The van der Waals surface area contributed by atoms with Crippen LogP contribution < -0.4 is 4.90 Å². The summed E-state index contributed by atoms with van der Waals surface area (Å²) in [7, 11) is 0. The van der Waals surface area contributed by atoms with Gasteiger partial charge in [0.05, 0.1) is 46.3 Å². The molecule has 0 radical (unpaired) electrons. The molecule has 1 atom stereocenters. The fraction of sp³-hybridized carbons (Fsp3) is 0.381. The van der Waals surface area contributed by atoms with E-state index in [9.17, 15) is 9.90 Å². The lowest BCUT2D eigenvalue weighted by molar-refractivity contribution is 0.0722. The number of aliphatic hydroxyl groups excluding tert-OH is 1. The van der Waals surface area contributed by atoms with Crippen LogP contribution >= 0.6 is 23.2 Å². The van der Waals surface area contributed by atoms with Gasteiger partial charge in [-0.1, -0.05) is 29.3 Å². The van der Waals surface area contributed by atoms with Crippen molar-refractivity contribution in [2.24, 2.45) is 0 Å². The van der Waals surface area contributed by atoms with Crippen LogP contribution in [0.15, 0.2) is 24.5 Å². The van der Waals surface area contributed by atoms with E-state index in [1.807, 2.05) is 6.07 Å². The second kappa shape index (κ2) is 7.72. The number of nitrogens with one attached hydrogen (secondary N) is 1. The Morgan fingerprint density at radius 1 is 1.23 bits per heavy atom. The SMILES string of the molecule is O=C(c1ncc(N2CCC[C@H]2CO)cn1)N1CCc2[nH]c3c(Cl)c(Cl)ccc3c2C1. The van der Waals surface area contributed by atoms with Gasteiger partial charge in [-0.15, -0.1) is 0 Å². The standard InChI is InChI=1S/C21H21Cl2N5O2/c22-16-4-3-14-15-10-27(7-5-17(15)26-19(14)18(16)23)21(30)20-24-8-13(9-25-20)28-6-1-2-12(28)11-29/h3-4,8-9,12,26,29H,1-2,5-7,10-11H2/t12-/m0/s1. The number of fused-ring (bicyclic) bond motifs is 3. The highest BCUT2D eigenvalue weighted by Gasteiger charge is 2.28. The van der Waals surface area contributed by atoms with Crippen LogP contribution in [0.25, 0.3) is 10.9 Å². The van der Waals surface area contributed by atoms with Crippen molar-refractivity contribution in [3.05, 3.63) is 51.7 Å². The summed E-state index contributed by atoms with van der Waals surface area (Å²) in [5.74, 6) is -0.00963. The van der Waals surface area contributed by atoms with Gasteiger partial charge in [-0.05, 0) is 18.9 Å². The number of rotatable bonds is 3. The van der Waals surface area contributed by atoms with E-state index in [4.69, 9.17) is 23.2 Å². The van der Waals surface area contributed by atoms with E-state index >= 15 is 0 Å². The number of hydrogen-bond acceptors (Lipinski definition) is 5. The van der Waals surface area contributed by atoms with Crippen molar-refractivity contribution in [2.75, 3.05) is 24.6 Å². The first-order valence-electron chi connectivity index (χ1n) is 10.0. The second-order valence-corrected chi connectivity index (χ2v) is 8.56. The number of halogens is 2. The summed E-state index contributed by atoms with van der Waals surface area (Å²) < 4.78 is 0. The van der Waals surface area contributed by atoms with Crippen LogP contribution in [-0.2, 0) is 13.0 Å². The van der Waals surface area contributed by atoms with Crippen molar-refractivity contribution >= 4 is 45.7 Å². The van der Waals surface area contributed by atoms with Gasteiger partial charge < -0.3 is 19.9 Å². The number of aromatic amines is 1. The number of hydrogen-bond donors (Lipinski definition) is 2.